The largest absolute Gasteiger partial charge is 0.352 e. The molecule has 1 aliphatic rings. The van der Waals surface area contributed by atoms with Crippen molar-refractivity contribution in [1.29, 1.82) is 0 Å². The van der Waals surface area contributed by atoms with Crippen LogP contribution in [-0.4, -0.2) is 49.1 Å². The fraction of sp³-hybridized carbons (Fsp3) is 0.938. The Bertz CT molecular complexity index is 264. The van der Waals surface area contributed by atoms with Crippen LogP contribution in [0.25, 0.3) is 0 Å². The minimum Gasteiger partial charge on any atom is -0.352 e. The molecule has 0 heterocycles. The summed E-state index contributed by atoms with van der Waals surface area (Å²) in [6.45, 7) is 10.5. The minimum atomic E-state index is -0.0859. The van der Waals surface area contributed by atoms with Crippen molar-refractivity contribution in [1.82, 2.24) is 15.5 Å². The zero-order valence-electron chi connectivity index (χ0n) is 13.6. The van der Waals surface area contributed by atoms with Crippen molar-refractivity contribution in [2.24, 2.45) is 0 Å². The Balaban J connectivity index is 2.17. The molecule has 2 N–H and O–H groups in total. The van der Waals surface area contributed by atoms with Crippen LogP contribution in [0.2, 0.25) is 0 Å². The van der Waals surface area contributed by atoms with Gasteiger partial charge in [-0.15, -0.1) is 0 Å². The summed E-state index contributed by atoms with van der Waals surface area (Å²) in [5.74, 6) is 0.162. The Morgan fingerprint density at radius 2 is 1.90 bits per heavy atom. The van der Waals surface area contributed by atoms with Crippen molar-refractivity contribution < 1.29 is 4.79 Å². The van der Waals surface area contributed by atoms with E-state index >= 15 is 0 Å². The maximum absolute atomic E-state index is 12.1. The Labute approximate surface area is 124 Å². The third-order valence-electron chi connectivity index (χ3n) is 4.21. The summed E-state index contributed by atoms with van der Waals surface area (Å²) in [6.07, 6.45) is 7.33. The quantitative estimate of drug-likeness (QED) is 0.681. The first-order valence-corrected chi connectivity index (χ1v) is 8.43. The molecule has 1 aliphatic carbocycles. The molecule has 0 aromatic heterocycles. The van der Waals surface area contributed by atoms with Crippen LogP contribution in [0.3, 0.4) is 0 Å². The number of likely N-dealkylation sites (N-methyl/N-ethyl adjacent to an activating group) is 1. The maximum Gasteiger partial charge on any atom is 0.237 e. The van der Waals surface area contributed by atoms with Crippen molar-refractivity contribution in [3.05, 3.63) is 0 Å². The van der Waals surface area contributed by atoms with Gasteiger partial charge in [0.25, 0.3) is 0 Å². The number of hydrogen-bond acceptors (Lipinski definition) is 3. The van der Waals surface area contributed by atoms with Crippen molar-refractivity contribution >= 4 is 5.91 Å². The molecule has 1 atom stereocenters. The van der Waals surface area contributed by atoms with E-state index in [2.05, 4.69) is 29.4 Å². The molecule has 0 spiro atoms. The molecule has 0 saturated heterocycles. The van der Waals surface area contributed by atoms with Gasteiger partial charge in [0.1, 0.15) is 0 Å². The molecule has 4 heteroatoms. The van der Waals surface area contributed by atoms with Crippen LogP contribution in [0.1, 0.15) is 59.3 Å². The first kappa shape index (κ1) is 17.4. The summed E-state index contributed by atoms with van der Waals surface area (Å²) in [6, 6.07) is 0.324. The molecule has 1 unspecified atom stereocenters. The van der Waals surface area contributed by atoms with Gasteiger partial charge in [0.05, 0.1) is 6.04 Å². The first-order valence-electron chi connectivity index (χ1n) is 8.43. The van der Waals surface area contributed by atoms with Gasteiger partial charge in [-0.05, 0) is 39.3 Å². The number of rotatable bonds is 9. The molecule has 0 aromatic carbocycles. The molecule has 0 bridgehead atoms. The third-order valence-corrected chi connectivity index (χ3v) is 4.21. The molecule has 4 nitrogen and oxygen atoms in total. The van der Waals surface area contributed by atoms with Gasteiger partial charge in [0.15, 0.2) is 0 Å². The highest BCUT2D eigenvalue weighted by molar-refractivity contribution is 5.81. The molecule has 0 aliphatic heterocycles. The number of nitrogens with one attached hydrogen (secondary N) is 2. The predicted octanol–water partition coefficient (Wildman–Crippen LogP) is 2.15. The van der Waals surface area contributed by atoms with Gasteiger partial charge in [-0.1, -0.05) is 33.1 Å². The Hall–Kier alpha value is -0.610. The molecule has 1 fully saturated rings. The number of hydrogen-bond donors (Lipinski definition) is 2. The van der Waals surface area contributed by atoms with Gasteiger partial charge in [-0.2, -0.15) is 0 Å². The zero-order chi connectivity index (χ0) is 14.8. The lowest BCUT2D eigenvalue weighted by Crippen LogP contribution is -2.48. The molecule has 1 rings (SSSR count). The molecule has 1 amide bonds. The van der Waals surface area contributed by atoms with Crippen LogP contribution in [0.4, 0.5) is 0 Å². The second kappa shape index (κ2) is 10.2. The Morgan fingerprint density at radius 1 is 1.20 bits per heavy atom. The van der Waals surface area contributed by atoms with E-state index in [1.165, 1.54) is 25.7 Å². The fourth-order valence-corrected chi connectivity index (χ4v) is 2.85. The SMILES string of the molecule is CCCN(CC)CCNC(C)C(=O)NC1CCCCC1. The van der Waals surface area contributed by atoms with E-state index in [1.54, 1.807) is 0 Å². The summed E-state index contributed by atoms with van der Waals surface area (Å²) < 4.78 is 0. The highest BCUT2D eigenvalue weighted by atomic mass is 16.2. The lowest BCUT2D eigenvalue weighted by atomic mass is 9.95. The molecule has 1 saturated carbocycles. The molecular formula is C16H33N3O. The van der Waals surface area contributed by atoms with Crippen molar-refractivity contribution in [3.8, 4) is 0 Å². The van der Waals surface area contributed by atoms with E-state index in [-0.39, 0.29) is 11.9 Å². The van der Waals surface area contributed by atoms with E-state index in [0.29, 0.717) is 6.04 Å². The molecular weight excluding hydrogens is 250 g/mol. The minimum absolute atomic E-state index is 0.0859. The van der Waals surface area contributed by atoms with E-state index < -0.39 is 0 Å². The maximum atomic E-state index is 12.1. The van der Waals surface area contributed by atoms with Crippen LogP contribution >= 0.6 is 0 Å². The van der Waals surface area contributed by atoms with Crippen LogP contribution in [0, 0.1) is 0 Å². The van der Waals surface area contributed by atoms with Gasteiger partial charge in [0, 0.05) is 19.1 Å². The van der Waals surface area contributed by atoms with E-state index in [1.807, 2.05) is 6.92 Å². The summed E-state index contributed by atoms with van der Waals surface area (Å²) in [4.78, 5) is 14.5. The van der Waals surface area contributed by atoms with Gasteiger partial charge in [-0.3, -0.25) is 4.79 Å². The number of amides is 1. The second-order valence-corrected chi connectivity index (χ2v) is 5.95. The standard InChI is InChI=1S/C16H33N3O/c1-4-12-19(5-2)13-11-17-14(3)16(20)18-15-9-7-6-8-10-15/h14-15,17H,4-13H2,1-3H3,(H,18,20). The predicted molar refractivity (Wildman–Crippen MR) is 84.9 cm³/mol. The lowest BCUT2D eigenvalue weighted by molar-refractivity contribution is -0.123. The average Bonchev–Trinajstić information content (AvgIpc) is 2.47. The summed E-state index contributed by atoms with van der Waals surface area (Å²) >= 11 is 0. The van der Waals surface area contributed by atoms with Gasteiger partial charge in [-0.25, -0.2) is 0 Å². The van der Waals surface area contributed by atoms with Crippen LogP contribution in [0.5, 0.6) is 0 Å². The highest BCUT2D eigenvalue weighted by Crippen LogP contribution is 2.17. The summed E-state index contributed by atoms with van der Waals surface area (Å²) in [5.41, 5.74) is 0. The van der Waals surface area contributed by atoms with E-state index in [0.717, 1.165) is 39.0 Å². The van der Waals surface area contributed by atoms with Crippen molar-refractivity contribution in [2.75, 3.05) is 26.2 Å². The number of nitrogens with zero attached hydrogens (tertiary/aromatic N) is 1. The molecule has 0 radical (unpaired) electrons. The van der Waals surface area contributed by atoms with E-state index in [9.17, 15) is 4.79 Å². The second-order valence-electron chi connectivity index (χ2n) is 5.95. The summed E-state index contributed by atoms with van der Waals surface area (Å²) in [7, 11) is 0. The average molecular weight is 283 g/mol. The Kier molecular flexibility index (Phi) is 8.86. The monoisotopic (exact) mass is 283 g/mol. The fourth-order valence-electron chi connectivity index (χ4n) is 2.85. The Morgan fingerprint density at radius 3 is 2.50 bits per heavy atom. The van der Waals surface area contributed by atoms with Crippen LogP contribution in [0.15, 0.2) is 0 Å². The van der Waals surface area contributed by atoms with Crippen molar-refractivity contribution in [3.63, 3.8) is 0 Å². The van der Waals surface area contributed by atoms with Gasteiger partial charge >= 0.3 is 0 Å². The number of carbonyl (C=O) groups excluding carboxylic acids is 1. The van der Waals surface area contributed by atoms with Gasteiger partial charge < -0.3 is 15.5 Å². The third kappa shape index (κ3) is 6.71. The van der Waals surface area contributed by atoms with E-state index in [4.69, 9.17) is 0 Å². The van der Waals surface area contributed by atoms with Crippen LogP contribution < -0.4 is 10.6 Å². The number of carbonyl (C=O) groups is 1. The zero-order valence-corrected chi connectivity index (χ0v) is 13.6. The topological polar surface area (TPSA) is 44.4 Å². The first-order chi connectivity index (χ1) is 9.67. The van der Waals surface area contributed by atoms with Gasteiger partial charge in [0.2, 0.25) is 5.91 Å². The van der Waals surface area contributed by atoms with Crippen molar-refractivity contribution in [2.45, 2.75) is 71.4 Å². The summed E-state index contributed by atoms with van der Waals surface area (Å²) in [5, 5.41) is 6.52. The normalized spacial score (nSPS) is 18.2. The lowest BCUT2D eigenvalue weighted by Gasteiger charge is -2.25. The molecule has 20 heavy (non-hydrogen) atoms. The highest BCUT2D eigenvalue weighted by Gasteiger charge is 2.19. The molecule has 118 valence electrons. The van der Waals surface area contributed by atoms with Crippen LogP contribution in [-0.2, 0) is 4.79 Å². The molecule has 0 aromatic rings. The smallest absolute Gasteiger partial charge is 0.237 e.